The lowest BCUT2D eigenvalue weighted by Gasteiger charge is -2.17. The molecule has 0 aliphatic heterocycles. The van der Waals surface area contributed by atoms with Crippen LogP contribution >= 0.6 is 0 Å². The van der Waals surface area contributed by atoms with Crippen LogP contribution in [0.3, 0.4) is 0 Å². The van der Waals surface area contributed by atoms with Gasteiger partial charge in [0.2, 0.25) is 0 Å². The van der Waals surface area contributed by atoms with Crippen LogP contribution in [0.2, 0.25) is 0 Å². The summed E-state index contributed by atoms with van der Waals surface area (Å²) < 4.78 is 10.7. The van der Waals surface area contributed by atoms with Crippen LogP contribution in [0, 0.1) is 0 Å². The highest BCUT2D eigenvalue weighted by atomic mass is 16.5. The van der Waals surface area contributed by atoms with Crippen LogP contribution in [0.4, 0.5) is 0 Å². The van der Waals surface area contributed by atoms with E-state index >= 15 is 0 Å². The second kappa shape index (κ2) is 9.59. The van der Waals surface area contributed by atoms with Crippen molar-refractivity contribution in [1.82, 2.24) is 5.32 Å². The maximum Gasteiger partial charge on any atom is 0.119 e. The van der Waals surface area contributed by atoms with Crippen LogP contribution in [0.1, 0.15) is 25.3 Å². The van der Waals surface area contributed by atoms with E-state index in [1.807, 2.05) is 12.1 Å². The van der Waals surface area contributed by atoms with E-state index in [4.69, 9.17) is 9.47 Å². The van der Waals surface area contributed by atoms with E-state index in [-0.39, 0.29) is 0 Å². The Kier molecular flexibility index (Phi) is 7.94. The summed E-state index contributed by atoms with van der Waals surface area (Å²) in [5.41, 5.74) is 1.25. The van der Waals surface area contributed by atoms with Gasteiger partial charge in [-0.2, -0.15) is 0 Å². The van der Waals surface area contributed by atoms with Gasteiger partial charge in [0, 0.05) is 19.7 Å². The molecule has 0 aromatic heterocycles. The summed E-state index contributed by atoms with van der Waals surface area (Å²) in [7, 11) is 1.75. The van der Waals surface area contributed by atoms with Gasteiger partial charge in [-0.1, -0.05) is 38.1 Å². The minimum atomic E-state index is 0.423. The van der Waals surface area contributed by atoms with E-state index in [1.54, 1.807) is 13.2 Å². The molecule has 0 saturated carbocycles. The molecule has 106 valence electrons. The number of hydrogen-bond donors (Lipinski definition) is 1. The van der Waals surface area contributed by atoms with Gasteiger partial charge >= 0.3 is 0 Å². The first kappa shape index (κ1) is 15.7. The molecule has 0 saturated heterocycles. The third kappa shape index (κ3) is 6.41. The SMILES string of the molecule is C=CCOc1ccc(CNC(CCC)COC)cc1. The van der Waals surface area contributed by atoms with Gasteiger partial charge in [0.05, 0.1) is 6.61 Å². The molecular formula is C16H25NO2. The van der Waals surface area contributed by atoms with E-state index in [0.29, 0.717) is 12.6 Å². The second-order valence-corrected chi connectivity index (χ2v) is 4.57. The van der Waals surface area contributed by atoms with Crippen LogP contribution in [-0.2, 0) is 11.3 Å². The van der Waals surface area contributed by atoms with Crippen molar-refractivity contribution in [2.75, 3.05) is 20.3 Å². The fraction of sp³-hybridized carbons (Fsp3) is 0.500. The van der Waals surface area contributed by atoms with Crippen LogP contribution in [0.25, 0.3) is 0 Å². The molecule has 0 aliphatic carbocycles. The number of methoxy groups -OCH3 is 1. The van der Waals surface area contributed by atoms with E-state index < -0.39 is 0 Å². The molecule has 3 nitrogen and oxygen atoms in total. The smallest absolute Gasteiger partial charge is 0.119 e. The van der Waals surface area contributed by atoms with E-state index in [9.17, 15) is 0 Å². The molecule has 1 aromatic carbocycles. The van der Waals surface area contributed by atoms with Gasteiger partial charge < -0.3 is 14.8 Å². The summed E-state index contributed by atoms with van der Waals surface area (Å²) in [5, 5.41) is 3.52. The van der Waals surface area contributed by atoms with Crippen molar-refractivity contribution in [2.45, 2.75) is 32.4 Å². The minimum Gasteiger partial charge on any atom is -0.490 e. The molecule has 1 unspecified atom stereocenters. The van der Waals surface area contributed by atoms with Gasteiger partial charge in [-0.3, -0.25) is 0 Å². The Morgan fingerprint density at radius 3 is 2.63 bits per heavy atom. The van der Waals surface area contributed by atoms with E-state index in [1.165, 1.54) is 5.56 Å². The Bertz CT molecular complexity index is 342. The molecule has 0 fully saturated rings. The van der Waals surface area contributed by atoms with Crippen molar-refractivity contribution in [1.29, 1.82) is 0 Å². The average molecular weight is 263 g/mol. The first-order valence-electron chi connectivity index (χ1n) is 6.85. The largest absolute Gasteiger partial charge is 0.490 e. The minimum absolute atomic E-state index is 0.423. The Morgan fingerprint density at radius 1 is 1.32 bits per heavy atom. The fourth-order valence-electron chi connectivity index (χ4n) is 1.91. The Labute approximate surface area is 116 Å². The Hall–Kier alpha value is -1.32. The first-order chi connectivity index (χ1) is 9.30. The van der Waals surface area contributed by atoms with Crippen molar-refractivity contribution >= 4 is 0 Å². The molecule has 0 radical (unpaired) electrons. The van der Waals surface area contributed by atoms with Crippen LogP contribution in [0.15, 0.2) is 36.9 Å². The average Bonchev–Trinajstić information content (AvgIpc) is 2.44. The summed E-state index contributed by atoms with van der Waals surface area (Å²) in [6, 6.07) is 8.58. The second-order valence-electron chi connectivity index (χ2n) is 4.57. The molecule has 0 amide bonds. The molecule has 1 rings (SSSR count). The molecule has 3 heteroatoms. The van der Waals surface area contributed by atoms with Crippen molar-refractivity contribution in [2.24, 2.45) is 0 Å². The molecule has 1 aromatic rings. The Balaban J connectivity index is 2.41. The predicted octanol–water partition coefficient (Wildman–Crippen LogP) is 3.16. The summed E-state index contributed by atoms with van der Waals surface area (Å²) in [5.74, 6) is 0.880. The molecule has 1 atom stereocenters. The highest BCUT2D eigenvalue weighted by molar-refractivity contribution is 5.27. The summed E-state index contributed by atoms with van der Waals surface area (Å²) in [6.07, 6.45) is 4.04. The van der Waals surface area contributed by atoms with Gasteiger partial charge in [0.25, 0.3) is 0 Å². The zero-order chi connectivity index (χ0) is 13.9. The number of benzene rings is 1. The molecular weight excluding hydrogens is 238 g/mol. The van der Waals surface area contributed by atoms with Gasteiger partial charge in [-0.15, -0.1) is 0 Å². The number of nitrogens with one attached hydrogen (secondary N) is 1. The lowest BCUT2D eigenvalue weighted by atomic mass is 10.1. The topological polar surface area (TPSA) is 30.5 Å². The zero-order valence-electron chi connectivity index (χ0n) is 12.0. The zero-order valence-corrected chi connectivity index (χ0v) is 12.0. The lowest BCUT2D eigenvalue weighted by Crippen LogP contribution is -2.32. The van der Waals surface area contributed by atoms with Crippen LogP contribution in [-0.4, -0.2) is 26.4 Å². The molecule has 1 N–H and O–H groups in total. The quantitative estimate of drug-likeness (QED) is 0.658. The molecule has 0 heterocycles. The first-order valence-corrected chi connectivity index (χ1v) is 6.85. The van der Waals surface area contributed by atoms with Gasteiger partial charge in [-0.05, 0) is 24.1 Å². The Morgan fingerprint density at radius 2 is 2.05 bits per heavy atom. The molecule has 0 bridgehead atoms. The molecule has 0 aliphatic rings. The summed E-state index contributed by atoms with van der Waals surface area (Å²) >= 11 is 0. The monoisotopic (exact) mass is 263 g/mol. The third-order valence-corrected chi connectivity index (χ3v) is 2.89. The van der Waals surface area contributed by atoms with E-state index in [2.05, 4.69) is 31.0 Å². The van der Waals surface area contributed by atoms with Crippen molar-refractivity contribution in [3.05, 3.63) is 42.5 Å². The van der Waals surface area contributed by atoms with Crippen molar-refractivity contribution < 1.29 is 9.47 Å². The number of hydrogen-bond acceptors (Lipinski definition) is 3. The number of rotatable bonds is 10. The summed E-state index contributed by atoms with van der Waals surface area (Å²) in [6.45, 7) is 7.98. The van der Waals surface area contributed by atoms with Gasteiger partial charge in [0.1, 0.15) is 12.4 Å². The van der Waals surface area contributed by atoms with Gasteiger partial charge in [0.15, 0.2) is 0 Å². The van der Waals surface area contributed by atoms with Crippen molar-refractivity contribution in [3.63, 3.8) is 0 Å². The molecule has 19 heavy (non-hydrogen) atoms. The van der Waals surface area contributed by atoms with Gasteiger partial charge in [-0.25, -0.2) is 0 Å². The predicted molar refractivity (Wildman–Crippen MR) is 79.5 cm³/mol. The maximum absolute atomic E-state index is 5.45. The maximum atomic E-state index is 5.45. The normalized spacial score (nSPS) is 12.1. The fourth-order valence-corrected chi connectivity index (χ4v) is 1.91. The summed E-state index contributed by atoms with van der Waals surface area (Å²) in [4.78, 5) is 0. The molecule has 0 spiro atoms. The standard InChI is InChI=1S/C16H25NO2/c1-4-6-15(13-18-3)17-12-14-7-9-16(10-8-14)19-11-5-2/h5,7-10,15,17H,2,4,6,11-13H2,1,3H3. The van der Waals surface area contributed by atoms with Crippen LogP contribution < -0.4 is 10.1 Å². The van der Waals surface area contributed by atoms with Crippen molar-refractivity contribution in [3.8, 4) is 5.75 Å². The highest BCUT2D eigenvalue weighted by Gasteiger charge is 2.06. The lowest BCUT2D eigenvalue weighted by molar-refractivity contribution is 0.161. The van der Waals surface area contributed by atoms with E-state index in [0.717, 1.165) is 31.7 Å². The highest BCUT2D eigenvalue weighted by Crippen LogP contribution is 2.12. The van der Waals surface area contributed by atoms with Crippen LogP contribution in [0.5, 0.6) is 5.75 Å². The third-order valence-electron chi connectivity index (χ3n) is 2.89. The number of ether oxygens (including phenoxy) is 2.